The first-order valence-electron chi connectivity index (χ1n) is 8.27. The van der Waals surface area contributed by atoms with Gasteiger partial charge >= 0.3 is 18.2 Å². The van der Waals surface area contributed by atoms with Crippen LogP contribution in [-0.4, -0.2) is 29.9 Å². The maximum Gasteiger partial charge on any atom is 0.422 e. The summed E-state index contributed by atoms with van der Waals surface area (Å²) in [7, 11) is 0. The third-order valence-electron chi connectivity index (χ3n) is 3.71. The Morgan fingerprint density at radius 2 is 1.68 bits per heavy atom. The van der Waals surface area contributed by atoms with E-state index in [4.69, 9.17) is 9.84 Å². The van der Waals surface area contributed by atoms with Crippen molar-refractivity contribution in [2.45, 2.75) is 26.2 Å². The molecular formula is C19H19F3N2O4. The van der Waals surface area contributed by atoms with Crippen LogP contribution in [-0.2, 0) is 13.1 Å². The number of aryl methyl sites for hydroxylation is 1. The molecule has 0 heterocycles. The van der Waals surface area contributed by atoms with Crippen LogP contribution in [0.25, 0.3) is 0 Å². The first-order chi connectivity index (χ1) is 13.1. The molecule has 28 heavy (non-hydrogen) atoms. The lowest BCUT2D eigenvalue weighted by Crippen LogP contribution is -2.34. The second-order valence-electron chi connectivity index (χ2n) is 6.05. The maximum absolute atomic E-state index is 12.4. The Morgan fingerprint density at radius 3 is 2.29 bits per heavy atom. The molecule has 150 valence electrons. The van der Waals surface area contributed by atoms with Crippen LogP contribution in [0.1, 0.15) is 27.0 Å². The summed E-state index contributed by atoms with van der Waals surface area (Å²) >= 11 is 0. The molecule has 2 aromatic rings. The number of benzene rings is 2. The Bertz CT molecular complexity index is 836. The molecule has 2 aromatic carbocycles. The molecular weight excluding hydrogens is 377 g/mol. The number of carbonyl (C=O) groups is 2. The Morgan fingerprint density at radius 1 is 1.04 bits per heavy atom. The molecule has 0 saturated carbocycles. The Labute approximate surface area is 159 Å². The number of carboxylic acids is 1. The van der Waals surface area contributed by atoms with Crippen LogP contribution >= 0.6 is 0 Å². The highest BCUT2D eigenvalue weighted by atomic mass is 19.4. The summed E-state index contributed by atoms with van der Waals surface area (Å²) in [5.41, 5.74) is 1.98. The fourth-order valence-electron chi connectivity index (χ4n) is 2.29. The van der Waals surface area contributed by atoms with Crippen LogP contribution in [0.4, 0.5) is 18.0 Å². The van der Waals surface area contributed by atoms with Gasteiger partial charge < -0.3 is 20.5 Å². The average Bonchev–Trinajstić information content (AvgIpc) is 2.63. The van der Waals surface area contributed by atoms with E-state index in [0.717, 1.165) is 5.56 Å². The van der Waals surface area contributed by atoms with Gasteiger partial charge in [-0.3, -0.25) is 0 Å². The highest BCUT2D eigenvalue weighted by molar-refractivity contribution is 5.87. The normalized spacial score (nSPS) is 11.0. The number of rotatable bonds is 7. The summed E-state index contributed by atoms with van der Waals surface area (Å²) in [6, 6.07) is 10.3. The second kappa shape index (κ2) is 9.12. The molecule has 0 aliphatic carbocycles. The van der Waals surface area contributed by atoms with Crippen molar-refractivity contribution in [2.24, 2.45) is 0 Å². The highest BCUT2D eigenvalue weighted by Crippen LogP contribution is 2.23. The number of ether oxygens (including phenoxy) is 1. The van der Waals surface area contributed by atoms with Gasteiger partial charge in [0.05, 0.1) is 5.56 Å². The molecule has 2 amide bonds. The lowest BCUT2D eigenvalue weighted by molar-refractivity contribution is -0.153. The molecule has 0 aliphatic heterocycles. The van der Waals surface area contributed by atoms with Gasteiger partial charge in [0.25, 0.3) is 0 Å². The molecule has 0 aliphatic rings. The van der Waals surface area contributed by atoms with E-state index in [9.17, 15) is 22.8 Å². The zero-order valence-corrected chi connectivity index (χ0v) is 15.0. The number of alkyl halides is 3. The number of nitrogens with one attached hydrogen (secondary N) is 2. The summed E-state index contributed by atoms with van der Waals surface area (Å²) in [4.78, 5) is 22.7. The van der Waals surface area contributed by atoms with Gasteiger partial charge in [-0.25, -0.2) is 9.59 Å². The smallest absolute Gasteiger partial charge is 0.422 e. The first kappa shape index (κ1) is 21.1. The molecule has 6 nitrogen and oxygen atoms in total. The van der Waals surface area contributed by atoms with E-state index in [1.807, 2.05) is 0 Å². The van der Waals surface area contributed by atoms with Crippen molar-refractivity contribution in [3.63, 3.8) is 0 Å². The van der Waals surface area contributed by atoms with Gasteiger partial charge in [0.2, 0.25) is 0 Å². The van der Waals surface area contributed by atoms with Gasteiger partial charge in [0, 0.05) is 18.7 Å². The SMILES string of the molecule is Cc1ccc(CNC(=O)NCc2ccc(C(=O)O)cc2)c(OCC(F)(F)F)c1. The van der Waals surface area contributed by atoms with Gasteiger partial charge in [-0.05, 0) is 36.2 Å². The van der Waals surface area contributed by atoms with E-state index in [2.05, 4.69) is 10.6 Å². The summed E-state index contributed by atoms with van der Waals surface area (Å²) in [5, 5.41) is 14.0. The molecule has 3 N–H and O–H groups in total. The number of hydrogen-bond acceptors (Lipinski definition) is 3. The van der Waals surface area contributed by atoms with Gasteiger partial charge in [0.1, 0.15) is 5.75 Å². The molecule has 0 spiro atoms. The number of amides is 2. The molecule has 9 heteroatoms. The molecule has 0 unspecified atom stereocenters. The standard InChI is InChI=1S/C19H19F3N2O4/c1-12-2-5-15(16(8-12)28-11-19(20,21)22)10-24-18(27)23-9-13-3-6-14(7-4-13)17(25)26/h2-8H,9-11H2,1H3,(H,25,26)(H2,23,24,27). The lowest BCUT2D eigenvalue weighted by atomic mass is 10.1. The van der Waals surface area contributed by atoms with Crippen molar-refractivity contribution >= 4 is 12.0 Å². The third-order valence-corrected chi connectivity index (χ3v) is 3.71. The van der Waals surface area contributed by atoms with Crippen LogP contribution < -0.4 is 15.4 Å². The number of urea groups is 1. The van der Waals surface area contributed by atoms with Crippen LogP contribution in [0.15, 0.2) is 42.5 Å². The number of carboxylic acid groups (broad SMARTS) is 1. The maximum atomic E-state index is 12.4. The lowest BCUT2D eigenvalue weighted by Gasteiger charge is -2.15. The number of hydrogen-bond donors (Lipinski definition) is 3. The van der Waals surface area contributed by atoms with E-state index in [1.54, 1.807) is 31.2 Å². The molecule has 0 radical (unpaired) electrons. The molecule has 0 fully saturated rings. The van der Waals surface area contributed by atoms with Crippen LogP contribution in [0.5, 0.6) is 5.75 Å². The topological polar surface area (TPSA) is 87.7 Å². The van der Waals surface area contributed by atoms with Gasteiger partial charge in [-0.1, -0.05) is 24.3 Å². The second-order valence-corrected chi connectivity index (χ2v) is 6.05. The molecule has 0 bridgehead atoms. The quantitative estimate of drug-likeness (QED) is 0.667. The summed E-state index contributed by atoms with van der Waals surface area (Å²) < 4.78 is 42.0. The zero-order valence-electron chi connectivity index (χ0n) is 15.0. The minimum absolute atomic E-state index is 0.0166. The number of aromatic carboxylic acids is 1. The van der Waals surface area contributed by atoms with Crippen molar-refractivity contribution in [2.75, 3.05) is 6.61 Å². The van der Waals surface area contributed by atoms with Crippen molar-refractivity contribution in [3.8, 4) is 5.75 Å². The predicted octanol–water partition coefficient (Wildman–Crippen LogP) is 3.63. The van der Waals surface area contributed by atoms with Crippen molar-refractivity contribution < 1.29 is 32.6 Å². The summed E-state index contributed by atoms with van der Waals surface area (Å²) in [5.74, 6) is -0.985. The molecule has 0 aromatic heterocycles. The Balaban J connectivity index is 1.89. The Hall–Kier alpha value is -3.23. The molecule has 0 saturated heterocycles. The van der Waals surface area contributed by atoms with Crippen LogP contribution in [0, 0.1) is 6.92 Å². The monoisotopic (exact) mass is 396 g/mol. The van der Waals surface area contributed by atoms with E-state index < -0.39 is 24.8 Å². The number of carbonyl (C=O) groups excluding carboxylic acids is 1. The van der Waals surface area contributed by atoms with Crippen molar-refractivity contribution in [3.05, 3.63) is 64.7 Å². The summed E-state index contributed by atoms with van der Waals surface area (Å²) in [6.45, 7) is 0.455. The minimum atomic E-state index is -4.46. The van der Waals surface area contributed by atoms with E-state index in [0.29, 0.717) is 11.1 Å². The average molecular weight is 396 g/mol. The van der Waals surface area contributed by atoms with E-state index in [1.165, 1.54) is 18.2 Å². The zero-order chi connectivity index (χ0) is 20.7. The number of halogens is 3. The third kappa shape index (κ3) is 6.82. The summed E-state index contributed by atoms with van der Waals surface area (Å²) in [6.07, 6.45) is -4.46. The fourth-order valence-corrected chi connectivity index (χ4v) is 2.29. The van der Waals surface area contributed by atoms with Crippen LogP contribution in [0.2, 0.25) is 0 Å². The van der Waals surface area contributed by atoms with Crippen molar-refractivity contribution in [1.29, 1.82) is 0 Å². The molecule has 0 atom stereocenters. The van der Waals surface area contributed by atoms with Gasteiger partial charge in [0.15, 0.2) is 6.61 Å². The van der Waals surface area contributed by atoms with Gasteiger partial charge in [-0.15, -0.1) is 0 Å². The predicted molar refractivity (Wildman–Crippen MR) is 95.2 cm³/mol. The minimum Gasteiger partial charge on any atom is -0.484 e. The van der Waals surface area contributed by atoms with Crippen molar-refractivity contribution in [1.82, 2.24) is 10.6 Å². The van der Waals surface area contributed by atoms with Gasteiger partial charge in [-0.2, -0.15) is 13.2 Å². The van der Waals surface area contributed by atoms with E-state index in [-0.39, 0.29) is 24.4 Å². The largest absolute Gasteiger partial charge is 0.484 e. The van der Waals surface area contributed by atoms with E-state index >= 15 is 0 Å². The first-order valence-corrected chi connectivity index (χ1v) is 8.27. The fraction of sp³-hybridized carbons (Fsp3) is 0.263. The van der Waals surface area contributed by atoms with Crippen LogP contribution in [0.3, 0.4) is 0 Å². The molecule has 2 rings (SSSR count). The Kier molecular flexibility index (Phi) is 6.86. The highest BCUT2D eigenvalue weighted by Gasteiger charge is 2.28.